The van der Waals surface area contributed by atoms with E-state index in [0.717, 1.165) is 0 Å². The zero-order valence-corrected chi connectivity index (χ0v) is 11.7. The van der Waals surface area contributed by atoms with Gasteiger partial charge in [-0.25, -0.2) is 4.79 Å². The number of carbonyl (C=O) groups is 1. The summed E-state index contributed by atoms with van der Waals surface area (Å²) in [6.07, 6.45) is -7.46. The zero-order valence-electron chi connectivity index (χ0n) is 10.9. The van der Waals surface area contributed by atoms with Gasteiger partial charge in [-0.05, 0) is 12.1 Å². The summed E-state index contributed by atoms with van der Waals surface area (Å²) in [6, 6.07) is 5.75. The number of hydrogen-bond donors (Lipinski definition) is 1. The molecule has 1 unspecified atom stereocenters. The molecule has 0 spiro atoms. The van der Waals surface area contributed by atoms with Gasteiger partial charge in [-0.15, -0.1) is 0 Å². The van der Waals surface area contributed by atoms with E-state index in [2.05, 4.69) is 4.74 Å². The second-order valence-corrected chi connectivity index (χ2v) is 5.74. The molecule has 21 heavy (non-hydrogen) atoms. The summed E-state index contributed by atoms with van der Waals surface area (Å²) in [5.41, 5.74) is 0.585. The highest BCUT2D eigenvalue weighted by molar-refractivity contribution is 7.85. The number of rotatable bonds is 5. The van der Waals surface area contributed by atoms with Crippen LogP contribution in [0.25, 0.3) is 0 Å². The smallest absolute Gasteiger partial charge is 0.426 e. The molecule has 116 valence electrons. The van der Waals surface area contributed by atoms with Gasteiger partial charge in [0.15, 0.2) is 0 Å². The van der Waals surface area contributed by atoms with Crippen molar-refractivity contribution in [3.63, 3.8) is 0 Å². The lowest BCUT2D eigenvalue weighted by Crippen LogP contribution is -2.39. The van der Waals surface area contributed by atoms with Crippen LogP contribution in [-0.2, 0) is 21.2 Å². The molecule has 0 aliphatic rings. The number of esters is 1. The van der Waals surface area contributed by atoms with Crippen LogP contribution in [0.1, 0.15) is 15.9 Å². The Balaban J connectivity index is 2.95. The molecule has 10 heteroatoms. The third kappa shape index (κ3) is 5.76. The molecule has 0 amide bonds. The first kappa shape index (κ1) is 17.5. The summed E-state index contributed by atoms with van der Waals surface area (Å²) < 4.78 is 71.7. The van der Waals surface area contributed by atoms with Crippen molar-refractivity contribution in [2.24, 2.45) is 0 Å². The Labute approximate surface area is 120 Å². The first-order valence-electron chi connectivity index (χ1n) is 5.84. The van der Waals surface area contributed by atoms with Crippen LogP contribution in [-0.4, -0.2) is 44.8 Å². The van der Waals surface area contributed by atoms with Crippen LogP contribution in [0.5, 0.6) is 0 Å². The van der Waals surface area contributed by atoms with Gasteiger partial charge in [0.25, 0.3) is 10.1 Å². The Kier molecular flexibility index (Phi) is 5.40. The molecule has 0 fully saturated rings. The molecule has 0 heterocycles. The van der Waals surface area contributed by atoms with Crippen molar-refractivity contribution in [3.05, 3.63) is 35.4 Å². The van der Waals surface area contributed by atoms with Crippen molar-refractivity contribution in [1.29, 1.82) is 0 Å². The van der Waals surface area contributed by atoms with E-state index >= 15 is 0 Å². The molecule has 0 aromatic heterocycles. The minimum absolute atomic E-state index is 0.126. The van der Waals surface area contributed by atoms with Gasteiger partial charge < -0.3 is 4.74 Å². The standard InChI is InChI=1S/C11H12BF3O5S/c12-5-7-2-1-3-8(4-7)10(16)20-9(11(13,14)15)6-21(17,18)19/h1-4,9H,5-6,12H2,(H,17,18,19). The molecule has 1 N–H and O–H groups in total. The van der Waals surface area contributed by atoms with Gasteiger partial charge in [-0.3, -0.25) is 4.55 Å². The fourth-order valence-electron chi connectivity index (χ4n) is 1.50. The van der Waals surface area contributed by atoms with Crippen molar-refractivity contribution < 1.29 is 35.7 Å². The molecule has 1 aromatic rings. The molecule has 0 bridgehead atoms. The van der Waals surface area contributed by atoms with Gasteiger partial charge >= 0.3 is 12.1 Å². The van der Waals surface area contributed by atoms with Crippen LogP contribution in [0.15, 0.2) is 24.3 Å². The molecule has 0 aliphatic heterocycles. The Hall–Kier alpha value is -1.55. The number of halogens is 3. The van der Waals surface area contributed by atoms with Gasteiger partial charge in [0.2, 0.25) is 6.10 Å². The first-order valence-corrected chi connectivity index (χ1v) is 7.45. The van der Waals surface area contributed by atoms with E-state index in [1.807, 2.05) is 0 Å². The number of carbonyl (C=O) groups excluding carboxylic acids is 1. The number of benzene rings is 1. The minimum atomic E-state index is -5.10. The number of ether oxygens (including phenoxy) is 1. The molecule has 0 saturated carbocycles. The average Bonchev–Trinajstić information content (AvgIpc) is 2.35. The zero-order chi connectivity index (χ0) is 16.3. The summed E-state index contributed by atoms with van der Waals surface area (Å²) in [6.45, 7) is 0. The van der Waals surface area contributed by atoms with Crippen LogP contribution in [0.2, 0.25) is 0 Å². The molecule has 1 aromatic carbocycles. The molecule has 1 rings (SSSR count). The van der Waals surface area contributed by atoms with Crippen LogP contribution >= 0.6 is 0 Å². The SMILES string of the molecule is BCc1cccc(C(=O)OC(CS(=O)(=O)O)C(F)(F)F)c1. The van der Waals surface area contributed by atoms with Crippen LogP contribution in [0.4, 0.5) is 13.2 Å². The second-order valence-electron chi connectivity index (χ2n) is 4.24. The third-order valence-electron chi connectivity index (χ3n) is 2.55. The molecular formula is C11H12BF3O5S. The summed E-state index contributed by atoms with van der Waals surface area (Å²) in [5.74, 6) is -3.05. The van der Waals surface area contributed by atoms with E-state index in [9.17, 15) is 26.4 Å². The maximum absolute atomic E-state index is 12.6. The molecule has 5 nitrogen and oxygen atoms in total. The summed E-state index contributed by atoms with van der Waals surface area (Å²) >= 11 is 0. The first-order chi connectivity index (χ1) is 9.53. The van der Waals surface area contributed by atoms with Crippen molar-refractivity contribution in [2.45, 2.75) is 18.6 Å². The number of alkyl halides is 3. The average molecular weight is 324 g/mol. The lowest BCUT2D eigenvalue weighted by atomic mass is 9.96. The van der Waals surface area contributed by atoms with Crippen molar-refractivity contribution in [3.8, 4) is 0 Å². The van der Waals surface area contributed by atoms with Crippen molar-refractivity contribution in [2.75, 3.05) is 5.75 Å². The quantitative estimate of drug-likeness (QED) is 0.492. The summed E-state index contributed by atoms with van der Waals surface area (Å²) in [4.78, 5) is 11.7. The van der Waals surface area contributed by atoms with Gasteiger partial charge in [0.1, 0.15) is 13.6 Å². The van der Waals surface area contributed by atoms with Gasteiger partial charge in [0, 0.05) is 0 Å². The normalized spacial score (nSPS) is 13.7. The lowest BCUT2D eigenvalue weighted by Gasteiger charge is -2.19. The highest BCUT2D eigenvalue weighted by atomic mass is 32.2. The molecule has 0 aliphatic carbocycles. The molecule has 1 atom stereocenters. The van der Waals surface area contributed by atoms with Crippen molar-refractivity contribution in [1.82, 2.24) is 0 Å². The topological polar surface area (TPSA) is 80.7 Å². The fraction of sp³-hybridized carbons (Fsp3) is 0.364. The van der Waals surface area contributed by atoms with Crippen LogP contribution in [0.3, 0.4) is 0 Å². The molecule has 0 radical (unpaired) electrons. The molecular weight excluding hydrogens is 312 g/mol. The lowest BCUT2D eigenvalue weighted by molar-refractivity contribution is -0.197. The van der Waals surface area contributed by atoms with E-state index in [4.69, 9.17) is 4.55 Å². The monoisotopic (exact) mass is 324 g/mol. The van der Waals surface area contributed by atoms with Crippen molar-refractivity contribution >= 4 is 23.9 Å². The predicted octanol–water partition coefficient (Wildman–Crippen LogP) is 0.795. The summed E-state index contributed by atoms with van der Waals surface area (Å²) in [5, 5.41) is 0. The Bertz CT molecular complexity index is 615. The maximum atomic E-state index is 12.6. The predicted molar refractivity (Wildman–Crippen MR) is 70.4 cm³/mol. The Morgan fingerprint density at radius 2 is 2.00 bits per heavy atom. The minimum Gasteiger partial charge on any atom is -0.448 e. The van der Waals surface area contributed by atoms with E-state index < -0.39 is 34.1 Å². The maximum Gasteiger partial charge on any atom is 0.426 e. The fourth-order valence-corrected chi connectivity index (χ4v) is 2.14. The summed E-state index contributed by atoms with van der Waals surface area (Å²) in [7, 11) is -3.15. The largest absolute Gasteiger partial charge is 0.448 e. The highest BCUT2D eigenvalue weighted by Gasteiger charge is 2.45. The van der Waals surface area contributed by atoms with E-state index in [1.165, 1.54) is 18.2 Å². The third-order valence-corrected chi connectivity index (χ3v) is 3.27. The Morgan fingerprint density at radius 3 is 2.48 bits per heavy atom. The van der Waals surface area contributed by atoms with Crippen LogP contribution < -0.4 is 0 Å². The number of hydrogen-bond acceptors (Lipinski definition) is 4. The molecule has 0 saturated heterocycles. The second kappa shape index (κ2) is 6.48. The Morgan fingerprint density at radius 1 is 1.38 bits per heavy atom. The van der Waals surface area contributed by atoms with E-state index in [-0.39, 0.29) is 5.56 Å². The highest BCUT2D eigenvalue weighted by Crippen LogP contribution is 2.25. The van der Waals surface area contributed by atoms with Gasteiger partial charge in [0.05, 0.1) is 5.56 Å². The van der Waals surface area contributed by atoms with Gasteiger partial charge in [-0.1, -0.05) is 24.0 Å². The van der Waals surface area contributed by atoms with E-state index in [1.54, 1.807) is 13.9 Å². The van der Waals surface area contributed by atoms with E-state index in [0.29, 0.717) is 11.9 Å². The van der Waals surface area contributed by atoms with Gasteiger partial charge in [-0.2, -0.15) is 21.6 Å². The van der Waals surface area contributed by atoms with Crippen LogP contribution in [0, 0.1) is 0 Å².